The third-order valence-electron chi connectivity index (χ3n) is 12.6. The maximum Gasteiger partial charge on any atom is 0.175 e. The van der Waals surface area contributed by atoms with Gasteiger partial charge in [0.1, 0.15) is 59.7 Å². The number of ether oxygens (including phenoxy) is 3. The van der Waals surface area contributed by atoms with Crippen molar-refractivity contribution in [3.05, 3.63) is 144 Å². The fourth-order valence-electron chi connectivity index (χ4n) is 9.33. The highest BCUT2D eigenvalue weighted by Crippen LogP contribution is 2.50. The Kier molecular flexibility index (Phi) is 12.2. The lowest BCUT2D eigenvalue weighted by molar-refractivity contribution is -0.164. The Morgan fingerprint density at radius 1 is 0.556 bits per heavy atom. The molecule has 2 aromatic heterocycles. The van der Waals surface area contributed by atoms with E-state index in [0.717, 1.165) is 86.1 Å². The largest absolute Gasteiger partial charge is 0.457 e. The highest BCUT2D eigenvalue weighted by Gasteiger charge is 2.63. The Balaban J connectivity index is 0.000000160. The summed E-state index contributed by atoms with van der Waals surface area (Å²) in [5, 5.41) is 30.8. The van der Waals surface area contributed by atoms with Crippen molar-refractivity contribution >= 4 is 34.6 Å². The Morgan fingerprint density at radius 3 is 1.43 bits per heavy atom. The van der Waals surface area contributed by atoms with Gasteiger partial charge in [-0.15, -0.1) is 0 Å². The van der Waals surface area contributed by atoms with Crippen LogP contribution in [0.5, 0.6) is 23.0 Å². The first-order chi connectivity index (χ1) is 30.7. The van der Waals surface area contributed by atoms with Crippen LogP contribution in [0.2, 0.25) is 10.0 Å². The number of rotatable bonds is 11. The molecule has 2 aliphatic carbocycles. The Morgan fingerprint density at radius 2 is 0.968 bits per heavy atom. The van der Waals surface area contributed by atoms with Crippen molar-refractivity contribution < 1.29 is 29.0 Å². The van der Waals surface area contributed by atoms with E-state index in [0.29, 0.717) is 33.8 Å². The first kappa shape index (κ1) is 42.5. The zero-order chi connectivity index (χ0) is 43.3. The first-order valence-corrected chi connectivity index (χ1v) is 22.0. The van der Waals surface area contributed by atoms with Crippen molar-refractivity contribution in [3.63, 3.8) is 0 Å². The van der Waals surface area contributed by atoms with Crippen LogP contribution < -0.4 is 9.47 Å². The summed E-state index contributed by atoms with van der Waals surface area (Å²) in [5.74, 6) is 2.82. The van der Waals surface area contributed by atoms with Crippen LogP contribution >= 0.6 is 23.2 Å². The minimum atomic E-state index is -1.31. The van der Waals surface area contributed by atoms with Gasteiger partial charge >= 0.3 is 0 Å². The lowest BCUT2D eigenvalue weighted by Crippen LogP contribution is -2.61. The molecule has 4 aliphatic rings. The summed E-state index contributed by atoms with van der Waals surface area (Å²) in [6, 6.07) is 29.8. The normalized spacial score (nSPS) is 22.0. The first-order valence-electron chi connectivity index (χ1n) is 21.3. The Hall–Kier alpha value is -5.80. The van der Waals surface area contributed by atoms with E-state index in [2.05, 4.69) is 30.5 Å². The standard InChI is InChI=1S/C24H25ClN4O3.C23H23ClN4O3/c1-30-24(15-29-17-26-16-27-29)22(28-32-23(24)13-3-2-4-14-23)18-5-9-20(10-6-18)31-21-11-7-19(25)8-12-21;24-18-6-10-20(11-7-18)30-19-8-4-17(5-9-19)21-23(29,14-28-16-25-15-26-28)22(31-27-21)12-2-1-3-13-22/h5-12,16-17H,2-4,13-15H2,1H3;4-11,15-16,29H,1-3,12-14H2. The van der Waals surface area contributed by atoms with Crippen molar-refractivity contribution in [1.82, 2.24) is 29.5 Å². The van der Waals surface area contributed by atoms with Crippen molar-refractivity contribution in [2.45, 2.75) is 99.7 Å². The van der Waals surface area contributed by atoms with E-state index in [1.807, 2.05) is 72.8 Å². The van der Waals surface area contributed by atoms with Gasteiger partial charge < -0.3 is 29.0 Å². The molecule has 14 nitrogen and oxygen atoms in total. The van der Waals surface area contributed by atoms with Crippen molar-refractivity contribution in [2.24, 2.45) is 10.3 Å². The zero-order valence-corrected chi connectivity index (χ0v) is 36.4. The summed E-state index contributed by atoms with van der Waals surface area (Å²) >= 11 is 11.9. The molecule has 2 unspecified atom stereocenters. The number of methoxy groups -OCH3 is 1. The SMILES string of the molecule is COC1(Cn2cncn2)C(c2ccc(Oc3ccc(Cl)cc3)cc2)=NOC12CCCCC2.OC1(Cn2cncn2)C(c2ccc(Oc3ccc(Cl)cc3)cc2)=NOC12CCCCC2. The topological polar surface area (TPSA) is 153 Å². The highest BCUT2D eigenvalue weighted by molar-refractivity contribution is 6.30. The molecule has 4 aromatic carbocycles. The van der Waals surface area contributed by atoms with Gasteiger partial charge in [-0.3, -0.25) is 0 Å². The predicted octanol–water partition coefficient (Wildman–Crippen LogP) is 9.84. The van der Waals surface area contributed by atoms with Crippen LogP contribution in [0, 0.1) is 0 Å². The molecule has 1 N–H and O–H groups in total. The van der Waals surface area contributed by atoms with Gasteiger partial charge in [0.05, 0.1) is 13.1 Å². The number of oxime groups is 2. The summed E-state index contributed by atoms with van der Waals surface area (Å²) in [4.78, 5) is 20.3. The zero-order valence-electron chi connectivity index (χ0n) is 34.9. The average molecular weight is 892 g/mol. The molecule has 6 aromatic rings. The second-order valence-electron chi connectivity index (χ2n) is 16.4. The molecule has 0 radical (unpaired) electrons. The quantitative estimate of drug-likeness (QED) is 0.133. The number of nitrogens with zero attached hydrogens (tertiary/aromatic N) is 8. The van der Waals surface area contributed by atoms with Crippen LogP contribution in [-0.2, 0) is 27.5 Å². The van der Waals surface area contributed by atoms with E-state index < -0.39 is 22.4 Å². The molecule has 16 heteroatoms. The van der Waals surface area contributed by atoms with E-state index in [1.165, 1.54) is 19.1 Å². The van der Waals surface area contributed by atoms with Crippen LogP contribution in [0.25, 0.3) is 0 Å². The van der Waals surface area contributed by atoms with E-state index in [1.54, 1.807) is 53.4 Å². The molecule has 0 amide bonds. The third kappa shape index (κ3) is 8.52. The van der Waals surface area contributed by atoms with Crippen LogP contribution in [-0.4, -0.2) is 75.6 Å². The monoisotopic (exact) mass is 890 g/mol. The molecular formula is C47H48Cl2N8O6. The number of benzene rings is 4. The lowest BCUT2D eigenvalue weighted by Gasteiger charge is -2.44. The second kappa shape index (κ2) is 18.1. The van der Waals surface area contributed by atoms with Gasteiger partial charge in [-0.05, 0) is 148 Å². The van der Waals surface area contributed by atoms with Crippen molar-refractivity contribution in [3.8, 4) is 23.0 Å². The van der Waals surface area contributed by atoms with Crippen LogP contribution in [0.15, 0.2) is 133 Å². The molecule has 63 heavy (non-hydrogen) atoms. The Labute approximate surface area is 375 Å². The molecule has 326 valence electrons. The summed E-state index contributed by atoms with van der Waals surface area (Å²) in [6.07, 6.45) is 16.1. The molecule has 2 aliphatic heterocycles. The smallest absolute Gasteiger partial charge is 0.175 e. The second-order valence-corrected chi connectivity index (χ2v) is 17.3. The molecule has 0 bridgehead atoms. The fourth-order valence-corrected chi connectivity index (χ4v) is 9.59. The summed E-state index contributed by atoms with van der Waals surface area (Å²) < 4.78 is 21.5. The molecule has 2 spiro atoms. The minimum absolute atomic E-state index is 0.231. The molecule has 10 rings (SSSR count). The highest BCUT2D eigenvalue weighted by atomic mass is 35.5. The molecule has 2 atom stereocenters. The number of aliphatic hydroxyl groups is 1. The number of hydrogen-bond donors (Lipinski definition) is 1. The van der Waals surface area contributed by atoms with Gasteiger partial charge in [-0.1, -0.05) is 46.4 Å². The molecule has 2 saturated carbocycles. The number of halogens is 2. The molecule has 4 heterocycles. The maximum absolute atomic E-state index is 12.0. The molecule has 2 fully saturated rings. The average Bonchev–Trinajstić information content (AvgIpc) is 4.13. The van der Waals surface area contributed by atoms with Gasteiger partial charge in [0.2, 0.25) is 0 Å². The van der Waals surface area contributed by atoms with Gasteiger partial charge in [-0.25, -0.2) is 19.3 Å². The number of aromatic nitrogens is 6. The third-order valence-corrected chi connectivity index (χ3v) is 13.1. The molecule has 0 saturated heterocycles. The van der Waals surface area contributed by atoms with Gasteiger partial charge in [0.25, 0.3) is 0 Å². The van der Waals surface area contributed by atoms with Gasteiger partial charge in [-0.2, -0.15) is 10.2 Å². The summed E-state index contributed by atoms with van der Waals surface area (Å²) in [5.41, 5.74) is -0.325. The lowest BCUT2D eigenvalue weighted by atomic mass is 9.69. The summed E-state index contributed by atoms with van der Waals surface area (Å²) in [7, 11) is 1.73. The van der Waals surface area contributed by atoms with E-state index >= 15 is 0 Å². The van der Waals surface area contributed by atoms with Crippen molar-refractivity contribution in [1.29, 1.82) is 0 Å². The number of hydrogen-bond acceptors (Lipinski definition) is 12. The van der Waals surface area contributed by atoms with E-state index in [-0.39, 0.29) is 6.54 Å². The molecular weight excluding hydrogens is 843 g/mol. The van der Waals surface area contributed by atoms with E-state index in [9.17, 15) is 5.11 Å². The summed E-state index contributed by atoms with van der Waals surface area (Å²) in [6.45, 7) is 0.709. The van der Waals surface area contributed by atoms with Gasteiger partial charge in [0.15, 0.2) is 22.4 Å². The minimum Gasteiger partial charge on any atom is -0.457 e. The van der Waals surface area contributed by atoms with Crippen LogP contribution in [0.1, 0.15) is 75.3 Å². The fraction of sp³-hybridized carbons (Fsp3) is 0.362. The Bertz CT molecular complexity index is 2490. The maximum atomic E-state index is 12.0. The van der Waals surface area contributed by atoms with Crippen LogP contribution in [0.4, 0.5) is 0 Å². The van der Waals surface area contributed by atoms with E-state index in [4.69, 9.17) is 47.1 Å². The van der Waals surface area contributed by atoms with Gasteiger partial charge in [0, 0.05) is 28.3 Å². The van der Waals surface area contributed by atoms with Crippen LogP contribution in [0.3, 0.4) is 0 Å². The predicted molar refractivity (Wildman–Crippen MR) is 238 cm³/mol. The van der Waals surface area contributed by atoms with Crippen molar-refractivity contribution in [2.75, 3.05) is 7.11 Å².